The van der Waals surface area contributed by atoms with Crippen molar-refractivity contribution in [3.8, 4) is 16.9 Å². The third-order valence-electron chi connectivity index (χ3n) is 7.53. The first-order valence-corrected chi connectivity index (χ1v) is 14.7. The van der Waals surface area contributed by atoms with Crippen LogP contribution >= 0.6 is 34.8 Å². The Kier molecular flexibility index (Phi) is 6.44. The van der Waals surface area contributed by atoms with Crippen molar-refractivity contribution >= 4 is 56.2 Å². The average molecular weight is 580 g/mol. The second kappa shape index (κ2) is 9.50. The maximum absolute atomic E-state index is 13.4. The number of fused-ring (bicyclic) bond motifs is 1. The molecular formula is C26H25Cl3N4O3S. The minimum atomic E-state index is -3.74. The van der Waals surface area contributed by atoms with Crippen LogP contribution in [-0.4, -0.2) is 56.4 Å². The monoisotopic (exact) mass is 578 g/mol. The van der Waals surface area contributed by atoms with Crippen molar-refractivity contribution in [2.45, 2.75) is 12.8 Å². The van der Waals surface area contributed by atoms with Gasteiger partial charge >= 0.3 is 0 Å². The van der Waals surface area contributed by atoms with Gasteiger partial charge in [-0.15, -0.1) is 0 Å². The van der Waals surface area contributed by atoms with Gasteiger partial charge in [-0.05, 0) is 49.1 Å². The summed E-state index contributed by atoms with van der Waals surface area (Å²) in [4.78, 5) is 2.14. The van der Waals surface area contributed by atoms with Gasteiger partial charge in [0.1, 0.15) is 11.4 Å². The Hall–Kier alpha value is -2.23. The normalized spacial score (nSPS) is 19.9. The van der Waals surface area contributed by atoms with Gasteiger partial charge in [0.2, 0.25) is 0 Å². The SMILES string of the molecule is CN1c2c(nn(-c3ccc(Cl)cc3Cl)c2-c2ccc(Cl)cc2)C(N2CCC(C3COC3)CC2)=CS1(=O)=O. The van der Waals surface area contributed by atoms with Crippen LogP contribution in [0.5, 0.6) is 0 Å². The lowest BCUT2D eigenvalue weighted by atomic mass is 9.83. The summed E-state index contributed by atoms with van der Waals surface area (Å²) in [5.41, 5.74) is 3.67. The molecule has 0 amide bonds. The van der Waals surface area contributed by atoms with Gasteiger partial charge in [0.15, 0.2) is 0 Å². The number of nitrogens with zero attached hydrogens (tertiary/aromatic N) is 4. The molecule has 0 saturated carbocycles. The lowest BCUT2D eigenvalue weighted by Gasteiger charge is -2.41. The molecule has 3 aliphatic heterocycles. The number of anilines is 1. The lowest BCUT2D eigenvalue weighted by molar-refractivity contribution is -0.0699. The molecule has 2 aromatic carbocycles. The van der Waals surface area contributed by atoms with Gasteiger partial charge in [0, 0.05) is 41.7 Å². The zero-order valence-electron chi connectivity index (χ0n) is 20.1. The van der Waals surface area contributed by atoms with Crippen LogP contribution in [0, 0.1) is 11.8 Å². The van der Waals surface area contributed by atoms with E-state index in [1.54, 1.807) is 42.1 Å². The molecule has 3 aliphatic rings. The van der Waals surface area contributed by atoms with E-state index in [1.807, 2.05) is 12.1 Å². The van der Waals surface area contributed by atoms with E-state index in [9.17, 15) is 8.42 Å². The summed E-state index contributed by atoms with van der Waals surface area (Å²) in [5.74, 6) is 1.21. The zero-order chi connectivity index (χ0) is 25.9. The zero-order valence-corrected chi connectivity index (χ0v) is 23.2. The van der Waals surface area contributed by atoms with E-state index in [1.165, 1.54) is 9.71 Å². The van der Waals surface area contributed by atoms with Crippen LogP contribution in [0.2, 0.25) is 15.1 Å². The third-order valence-corrected chi connectivity index (χ3v) is 9.78. The van der Waals surface area contributed by atoms with Crippen molar-refractivity contribution in [2.24, 2.45) is 11.8 Å². The van der Waals surface area contributed by atoms with Crippen molar-refractivity contribution in [2.75, 3.05) is 37.7 Å². The molecule has 0 N–H and O–H groups in total. The molecule has 11 heteroatoms. The molecule has 0 atom stereocenters. The predicted octanol–water partition coefficient (Wildman–Crippen LogP) is 5.94. The summed E-state index contributed by atoms with van der Waals surface area (Å²) in [5, 5.41) is 7.81. The van der Waals surface area contributed by atoms with Gasteiger partial charge < -0.3 is 9.64 Å². The van der Waals surface area contributed by atoms with Crippen LogP contribution in [-0.2, 0) is 14.8 Å². The fourth-order valence-corrected chi connectivity index (χ4v) is 7.08. The summed E-state index contributed by atoms with van der Waals surface area (Å²) < 4.78 is 35.2. The van der Waals surface area contributed by atoms with Crippen molar-refractivity contribution in [1.29, 1.82) is 0 Å². The lowest BCUT2D eigenvalue weighted by Crippen LogP contribution is -2.42. The summed E-state index contributed by atoms with van der Waals surface area (Å²) in [7, 11) is -2.19. The molecule has 0 radical (unpaired) electrons. The summed E-state index contributed by atoms with van der Waals surface area (Å²) in [6, 6.07) is 12.4. The Morgan fingerprint density at radius 3 is 2.24 bits per heavy atom. The molecule has 3 aromatic rings. The number of likely N-dealkylation sites (tertiary alicyclic amines) is 1. The van der Waals surface area contributed by atoms with Gasteiger partial charge in [-0.1, -0.05) is 46.9 Å². The number of sulfonamides is 1. The van der Waals surface area contributed by atoms with E-state index in [0.717, 1.165) is 44.7 Å². The largest absolute Gasteiger partial charge is 0.381 e. The molecule has 0 spiro atoms. The number of benzene rings is 2. The molecule has 2 saturated heterocycles. The fourth-order valence-electron chi connectivity index (χ4n) is 5.34. The van der Waals surface area contributed by atoms with Crippen LogP contribution < -0.4 is 4.31 Å². The molecule has 7 nitrogen and oxygen atoms in total. The molecule has 0 bridgehead atoms. The van der Waals surface area contributed by atoms with Gasteiger partial charge in [0.05, 0.1) is 40.7 Å². The number of rotatable bonds is 4. The van der Waals surface area contributed by atoms with E-state index in [2.05, 4.69) is 4.90 Å². The standard InChI is InChI=1S/C26H25Cl3N4O3S/c1-31-26-24(23(15-37(31,34)35)32-10-8-16(9-11-32)18-13-36-14-18)30-33(22-7-6-20(28)12-21(22)29)25(26)17-2-4-19(27)5-3-17/h2-7,12,15-16,18H,8-11,13-14H2,1H3. The highest BCUT2D eigenvalue weighted by atomic mass is 35.5. The van der Waals surface area contributed by atoms with Gasteiger partial charge in [0.25, 0.3) is 10.0 Å². The second-order valence-electron chi connectivity index (χ2n) is 9.70. The van der Waals surface area contributed by atoms with Crippen LogP contribution in [0.3, 0.4) is 0 Å². The van der Waals surface area contributed by atoms with E-state index in [4.69, 9.17) is 44.6 Å². The van der Waals surface area contributed by atoms with E-state index in [-0.39, 0.29) is 0 Å². The Bertz CT molecular complexity index is 1490. The maximum atomic E-state index is 13.4. The fraction of sp³-hybridized carbons (Fsp3) is 0.346. The summed E-state index contributed by atoms with van der Waals surface area (Å²) >= 11 is 19.0. The Morgan fingerprint density at radius 1 is 0.946 bits per heavy atom. The van der Waals surface area contributed by atoms with Gasteiger partial charge in [-0.3, -0.25) is 4.31 Å². The van der Waals surface area contributed by atoms with Crippen molar-refractivity contribution in [1.82, 2.24) is 14.7 Å². The Morgan fingerprint density at radius 2 is 1.62 bits per heavy atom. The number of halogens is 3. The molecule has 4 heterocycles. The average Bonchev–Trinajstić information content (AvgIpc) is 3.22. The van der Waals surface area contributed by atoms with E-state index >= 15 is 0 Å². The van der Waals surface area contributed by atoms with Gasteiger partial charge in [-0.2, -0.15) is 5.10 Å². The minimum Gasteiger partial charge on any atom is -0.381 e. The topological polar surface area (TPSA) is 67.7 Å². The van der Waals surface area contributed by atoms with Crippen LogP contribution in [0.1, 0.15) is 18.5 Å². The van der Waals surface area contributed by atoms with Crippen molar-refractivity contribution < 1.29 is 13.2 Å². The van der Waals surface area contributed by atoms with Crippen molar-refractivity contribution in [3.05, 3.63) is 68.6 Å². The van der Waals surface area contributed by atoms with Crippen LogP contribution in [0.25, 0.3) is 22.6 Å². The smallest absolute Gasteiger partial charge is 0.259 e. The van der Waals surface area contributed by atoms with Crippen LogP contribution in [0.15, 0.2) is 47.9 Å². The second-order valence-corrected chi connectivity index (χ2v) is 12.8. The number of hydrogen-bond donors (Lipinski definition) is 0. The first kappa shape index (κ1) is 25.1. The molecule has 6 rings (SSSR count). The highest BCUT2D eigenvalue weighted by Gasteiger charge is 2.39. The van der Waals surface area contributed by atoms with Crippen molar-refractivity contribution in [3.63, 3.8) is 0 Å². The molecule has 37 heavy (non-hydrogen) atoms. The highest BCUT2D eigenvalue weighted by molar-refractivity contribution is 7.95. The molecule has 194 valence electrons. The van der Waals surface area contributed by atoms with Crippen LogP contribution in [0.4, 0.5) is 5.69 Å². The molecular weight excluding hydrogens is 555 g/mol. The highest BCUT2D eigenvalue weighted by Crippen LogP contribution is 2.45. The predicted molar refractivity (Wildman–Crippen MR) is 148 cm³/mol. The number of aromatic nitrogens is 2. The van der Waals surface area contributed by atoms with Gasteiger partial charge in [-0.25, -0.2) is 13.1 Å². The number of hydrogen-bond acceptors (Lipinski definition) is 5. The minimum absolute atomic E-state index is 0.405. The Balaban J connectivity index is 1.51. The first-order chi connectivity index (χ1) is 17.7. The quantitative estimate of drug-likeness (QED) is 0.383. The number of ether oxygens (including phenoxy) is 1. The summed E-state index contributed by atoms with van der Waals surface area (Å²) in [6.07, 6.45) is 1.98. The maximum Gasteiger partial charge on any atom is 0.259 e. The van der Waals surface area contributed by atoms with E-state index in [0.29, 0.717) is 55.4 Å². The molecule has 0 aliphatic carbocycles. The molecule has 2 fully saturated rings. The third kappa shape index (κ3) is 4.42. The molecule has 0 unspecified atom stereocenters. The number of piperidine rings is 1. The van der Waals surface area contributed by atoms with E-state index < -0.39 is 10.0 Å². The Labute approximate surface area is 231 Å². The molecule has 1 aromatic heterocycles. The first-order valence-electron chi connectivity index (χ1n) is 12.1. The summed E-state index contributed by atoms with van der Waals surface area (Å²) in [6.45, 7) is 3.17.